The summed E-state index contributed by atoms with van der Waals surface area (Å²) in [6.45, 7) is 4.63. The molecule has 20 heavy (non-hydrogen) atoms. The van der Waals surface area contributed by atoms with Crippen molar-refractivity contribution in [2.75, 3.05) is 20.2 Å². The van der Waals surface area contributed by atoms with E-state index in [0.717, 1.165) is 5.75 Å². The van der Waals surface area contributed by atoms with Gasteiger partial charge in [-0.25, -0.2) is 0 Å². The van der Waals surface area contributed by atoms with Crippen molar-refractivity contribution in [3.05, 3.63) is 29.8 Å². The quantitative estimate of drug-likeness (QED) is 0.916. The molecule has 1 aromatic carbocycles. The highest BCUT2D eigenvalue weighted by molar-refractivity contribution is 5.29. The smallest absolute Gasteiger partial charge is 0.118 e. The van der Waals surface area contributed by atoms with Crippen LogP contribution in [-0.4, -0.2) is 31.1 Å². The summed E-state index contributed by atoms with van der Waals surface area (Å²) in [5.74, 6) is 0.889. The molecule has 1 aliphatic rings. The lowest BCUT2D eigenvalue weighted by Gasteiger charge is -2.34. The van der Waals surface area contributed by atoms with Crippen molar-refractivity contribution in [2.45, 2.75) is 51.1 Å². The lowest BCUT2D eigenvalue weighted by molar-refractivity contribution is 0.168. The van der Waals surface area contributed by atoms with Crippen molar-refractivity contribution < 1.29 is 4.74 Å². The zero-order chi connectivity index (χ0) is 14.4. The topological polar surface area (TPSA) is 38.5 Å². The van der Waals surface area contributed by atoms with Gasteiger partial charge in [-0.05, 0) is 50.6 Å². The number of nitrogens with two attached hydrogens (primary N) is 1. The van der Waals surface area contributed by atoms with E-state index in [1.54, 1.807) is 7.11 Å². The molecule has 1 aromatic rings. The molecule has 0 saturated carbocycles. The molecule has 1 aliphatic heterocycles. The monoisotopic (exact) mass is 276 g/mol. The number of ether oxygens (including phenoxy) is 1. The molecule has 112 valence electrons. The second-order valence-corrected chi connectivity index (χ2v) is 5.84. The fourth-order valence-corrected chi connectivity index (χ4v) is 3.01. The molecule has 1 saturated heterocycles. The summed E-state index contributed by atoms with van der Waals surface area (Å²) in [7, 11) is 1.69. The van der Waals surface area contributed by atoms with Gasteiger partial charge >= 0.3 is 0 Å². The summed E-state index contributed by atoms with van der Waals surface area (Å²) in [5, 5.41) is 0. The van der Waals surface area contributed by atoms with E-state index < -0.39 is 0 Å². The molecule has 2 atom stereocenters. The fraction of sp³-hybridized carbons (Fsp3) is 0.647. The van der Waals surface area contributed by atoms with E-state index in [1.807, 2.05) is 12.1 Å². The van der Waals surface area contributed by atoms with Crippen molar-refractivity contribution in [1.29, 1.82) is 0 Å². The first-order valence-corrected chi connectivity index (χ1v) is 7.86. The molecular formula is C17H28N2O. The molecule has 0 bridgehead atoms. The summed E-state index contributed by atoms with van der Waals surface area (Å²) in [6.07, 6.45) is 6.73. The average molecular weight is 276 g/mol. The maximum Gasteiger partial charge on any atom is 0.118 e. The van der Waals surface area contributed by atoms with Gasteiger partial charge in [-0.3, -0.25) is 4.90 Å². The molecule has 3 heteroatoms. The van der Waals surface area contributed by atoms with Gasteiger partial charge in [-0.1, -0.05) is 31.4 Å². The number of hydrogen-bond donors (Lipinski definition) is 1. The summed E-state index contributed by atoms with van der Waals surface area (Å²) >= 11 is 0. The van der Waals surface area contributed by atoms with Crippen molar-refractivity contribution in [2.24, 2.45) is 5.73 Å². The first-order chi connectivity index (χ1) is 9.72. The van der Waals surface area contributed by atoms with Crippen LogP contribution in [0, 0.1) is 0 Å². The van der Waals surface area contributed by atoms with E-state index in [2.05, 4.69) is 24.0 Å². The molecule has 1 heterocycles. The predicted molar refractivity (Wildman–Crippen MR) is 84.0 cm³/mol. The molecule has 2 rings (SSSR count). The lowest BCUT2D eigenvalue weighted by Crippen LogP contribution is -2.42. The van der Waals surface area contributed by atoms with Crippen LogP contribution in [0.2, 0.25) is 0 Å². The number of likely N-dealkylation sites (tertiary alicyclic amines) is 1. The van der Waals surface area contributed by atoms with Crippen LogP contribution in [0.25, 0.3) is 0 Å². The predicted octanol–water partition coefficient (Wildman–Crippen LogP) is 3.35. The highest BCUT2D eigenvalue weighted by Gasteiger charge is 2.22. The van der Waals surface area contributed by atoms with Gasteiger partial charge in [0.15, 0.2) is 0 Å². The zero-order valence-corrected chi connectivity index (χ0v) is 12.8. The molecule has 0 aromatic heterocycles. The Morgan fingerprint density at radius 2 is 1.55 bits per heavy atom. The summed E-state index contributed by atoms with van der Waals surface area (Å²) in [4.78, 5) is 2.56. The van der Waals surface area contributed by atoms with Gasteiger partial charge < -0.3 is 10.5 Å². The second kappa shape index (κ2) is 7.65. The summed E-state index contributed by atoms with van der Waals surface area (Å²) in [6, 6.07) is 8.63. The molecule has 0 radical (unpaired) electrons. The highest BCUT2D eigenvalue weighted by atomic mass is 16.5. The van der Waals surface area contributed by atoms with Gasteiger partial charge in [-0.15, -0.1) is 0 Å². The van der Waals surface area contributed by atoms with Gasteiger partial charge in [0.25, 0.3) is 0 Å². The number of rotatable bonds is 4. The standard InChI is InChI=1S/C17H28N2O/c1-14(19-12-6-4-3-5-7-13-19)17(18)15-8-10-16(20-2)11-9-15/h8-11,14,17H,3-7,12-13,18H2,1-2H3. The minimum absolute atomic E-state index is 0.0698. The average Bonchev–Trinajstić information content (AvgIpc) is 2.46. The molecular weight excluding hydrogens is 248 g/mol. The van der Waals surface area contributed by atoms with Gasteiger partial charge in [0.05, 0.1) is 7.11 Å². The van der Waals surface area contributed by atoms with Gasteiger partial charge in [-0.2, -0.15) is 0 Å². The van der Waals surface area contributed by atoms with E-state index in [-0.39, 0.29) is 6.04 Å². The zero-order valence-electron chi connectivity index (χ0n) is 12.8. The first kappa shape index (κ1) is 15.3. The maximum absolute atomic E-state index is 6.47. The molecule has 2 unspecified atom stereocenters. The van der Waals surface area contributed by atoms with E-state index in [4.69, 9.17) is 10.5 Å². The molecule has 0 aliphatic carbocycles. The Kier molecular flexibility index (Phi) is 5.86. The number of nitrogens with zero attached hydrogens (tertiary/aromatic N) is 1. The van der Waals surface area contributed by atoms with Gasteiger partial charge in [0.2, 0.25) is 0 Å². The van der Waals surface area contributed by atoms with Crippen LogP contribution >= 0.6 is 0 Å². The second-order valence-electron chi connectivity index (χ2n) is 5.84. The minimum atomic E-state index is 0.0698. The first-order valence-electron chi connectivity index (χ1n) is 7.86. The Morgan fingerprint density at radius 1 is 1.00 bits per heavy atom. The SMILES string of the molecule is COc1ccc(C(N)C(C)N2CCCCCCC2)cc1. The Bertz CT molecular complexity index is 382. The third-order valence-electron chi connectivity index (χ3n) is 4.49. The number of benzene rings is 1. The van der Waals surface area contributed by atoms with Crippen molar-refractivity contribution in [3.63, 3.8) is 0 Å². The van der Waals surface area contributed by atoms with Crippen molar-refractivity contribution in [3.8, 4) is 5.75 Å². The Morgan fingerprint density at radius 3 is 2.10 bits per heavy atom. The number of hydrogen-bond acceptors (Lipinski definition) is 3. The largest absolute Gasteiger partial charge is 0.497 e. The fourth-order valence-electron chi connectivity index (χ4n) is 3.01. The van der Waals surface area contributed by atoms with Crippen LogP contribution in [0.15, 0.2) is 24.3 Å². The van der Waals surface area contributed by atoms with Crippen molar-refractivity contribution in [1.82, 2.24) is 4.90 Å². The Hall–Kier alpha value is -1.06. The van der Waals surface area contributed by atoms with Crippen LogP contribution < -0.4 is 10.5 Å². The highest BCUT2D eigenvalue weighted by Crippen LogP contribution is 2.23. The van der Waals surface area contributed by atoms with E-state index in [9.17, 15) is 0 Å². The third kappa shape index (κ3) is 3.97. The Balaban J connectivity index is 1.99. The summed E-state index contributed by atoms with van der Waals surface area (Å²) in [5.41, 5.74) is 7.66. The normalized spacial score (nSPS) is 20.8. The summed E-state index contributed by atoms with van der Waals surface area (Å²) < 4.78 is 5.20. The third-order valence-corrected chi connectivity index (χ3v) is 4.49. The van der Waals surface area contributed by atoms with Crippen LogP contribution in [-0.2, 0) is 0 Å². The maximum atomic E-state index is 6.47. The van der Waals surface area contributed by atoms with Crippen LogP contribution in [0.1, 0.15) is 50.6 Å². The van der Waals surface area contributed by atoms with E-state index >= 15 is 0 Å². The van der Waals surface area contributed by atoms with Crippen LogP contribution in [0.4, 0.5) is 0 Å². The van der Waals surface area contributed by atoms with Gasteiger partial charge in [0.1, 0.15) is 5.75 Å². The van der Waals surface area contributed by atoms with E-state index in [0.29, 0.717) is 6.04 Å². The van der Waals surface area contributed by atoms with Crippen LogP contribution in [0.3, 0.4) is 0 Å². The molecule has 0 amide bonds. The molecule has 0 spiro atoms. The van der Waals surface area contributed by atoms with E-state index in [1.165, 1.54) is 50.8 Å². The lowest BCUT2D eigenvalue weighted by atomic mass is 9.98. The minimum Gasteiger partial charge on any atom is -0.497 e. The van der Waals surface area contributed by atoms with Crippen LogP contribution in [0.5, 0.6) is 5.75 Å². The molecule has 3 nitrogen and oxygen atoms in total. The Labute approximate surface area is 123 Å². The van der Waals surface area contributed by atoms with Crippen molar-refractivity contribution >= 4 is 0 Å². The van der Waals surface area contributed by atoms with Gasteiger partial charge in [0, 0.05) is 12.1 Å². The number of methoxy groups -OCH3 is 1. The molecule has 1 fully saturated rings. The molecule has 2 N–H and O–H groups in total.